The standard InChI is InChI=1S/C17H18ClN5O2/c1-22-10-19-8-14(22)16(24)20-12-3-2-6-23(9-12)17-21-13-5-4-11(18)7-15(13)25-17/h4-5,7-8,10,12H,2-3,6,9H2,1H3,(H,20,24). The number of hydrogen-bond acceptors (Lipinski definition) is 5. The zero-order chi connectivity index (χ0) is 17.4. The van der Waals surface area contributed by atoms with Crippen LogP contribution in [0.2, 0.25) is 5.02 Å². The van der Waals surface area contributed by atoms with Crippen molar-refractivity contribution < 1.29 is 9.21 Å². The van der Waals surface area contributed by atoms with Crippen LogP contribution >= 0.6 is 11.6 Å². The number of oxazole rings is 1. The Hall–Kier alpha value is -2.54. The first-order valence-corrected chi connectivity index (χ1v) is 8.56. The van der Waals surface area contributed by atoms with E-state index in [0.29, 0.717) is 28.9 Å². The van der Waals surface area contributed by atoms with Crippen molar-refractivity contribution in [3.63, 3.8) is 0 Å². The first kappa shape index (κ1) is 16.0. The number of halogens is 1. The van der Waals surface area contributed by atoms with Crippen molar-refractivity contribution in [3.05, 3.63) is 41.4 Å². The third kappa shape index (κ3) is 3.19. The van der Waals surface area contributed by atoms with Gasteiger partial charge in [-0.1, -0.05) is 11.6 Å². The van der Waals surface area contributed by atoms with Gasteiger partial charge in [-0.15, -0.1) is 0 Å². The molecule has 130 valence electrons. The van der Waals surface area contributed by atoms with E-state index in [-0.39, 0.29) is 11.9 Å². The molecule has 0 saturated carbocycles. The molecule has 1 saturated heterocycles. The molecular weight excluding hydrogens is 342 g/mol. The Kier molecular flexibility index (Phi) is 4.09. The lowest BCUT2D eigenvalue weighted by Gasteiger charge is -2.32. The van der Waals surface area contributed by atoms with E-state index in [1.807, 2.05) is 6.07 Å². The maximum atomic E-state index is 12.4. The molecule has 7 nitrogen and oxygen atoms in total. The van der Waals surface area contributed by atoms with Gasteiger partial charge in [0, 0.05) is 37.3 Å². The monoisotopic (exact) mass is 359 g/mol. The van der Waals surface area contributed by atoms with Crippen LogP contribution in [0.4, 0.5) is 6.01 Å². The molecule has 8 heteroatoms. The van der Waals surface area contributed by atoms with Crippen molar-refractivity contribution in [2.45, 2.75) is 18.9 Å². The molecule has 1 aliphatic heterocycles. The number of nitrogens with one attached hydrogen (secondary N) is 1. The van der Waals surface area contributed by atoms with Crippen LogP contribution in [0.25, 0.3) is 11.1 Å². The van der Waals surface area contributed by atoms with Crippen LogP contribution in [0.1, 0.15) is 23.3 Å². The molecule has 4 rings (SSSR count). The predicted molar refractivity (Wildman–Crippen MR) is 94.9 cm³/mol. The molecule has 2 aromatic heterocycles. The van der Waals surface area contributed by atoms with Gasteiger partial charge >= 0.3 is 0 Å². The van der Waals surface area contributed by atoms with E-state index in [2.05, 4.69) is 20.2 Å². The lowest BCUT2D eigenvalue weighted by atomic mass is 10.1. The number of hydrogen-bond donors (Lipinski definition) is 1. The SMILES string of the molecule is Cn1cncc1C(=O)NC1CCCN(c2nc3ccc(Cl)cc3o2)C1. The molecule has 1 N–H and O–H groups in total. The van der Waals surface area contributed by atoms with E-state index in [1.54, 1.807) is 36.3 Å². The molecule has 1 unspecified atom stereocenters. The second-order valence-electron chi connectivity index (χ2n) is 6.26. The van der Waals surface area contributed by atoms with Gasteiger partial charge in [0.05, 0.1) is 12.5 Å². The molecule has 1 atom stereocenters. The zero-order valence-corrected chi connectivity index (χ0v) is 14.5. The Labute approximate surface area is 149 Å². The van der Waals surface area contributed by atoms with E-state index in [1.165, 1.54) is 0 Å². The number of aromatic nitrogens is 3. The third-order valence-corrected chi connectivity index (χ3v) is 4.65. The highest BCUT2D eigenvalue weighted by Crippen LogP contribution is 2.26. The van der Waals surface area contributed by atoms with Crippen molar-refractivity contribution in [1.29, 1.82) is 0 Å². The quantitative estimate of drug-likeness (QED) is 0.778. The van der Waals surface area contributed by atoms with Crippen molar-refractivity contribution in [2.75, 3.05) is 18.0 Å². The van der Waals surface area contributed by atoms with Crippen LogP contribution in [0.5, 0.6) is 0 Å². The molecule has 0 bridgehead atoms. The number of fused-ring (bicyclic) bond motifs is 1. The summed E-state index contributed by atoms with van der Waals surface area (Å²) in [5, 5.41) is 3.69. The average molecular weight is 360 g/mol. The van der Waals surface area contributed by atoms with Crippen molar-refractivity contribution in [1.82, 2.24) is 19.9 Å². The number of imidazole rings is 1. The number of amides is 1. The summed E-state index contributed by atoms with van der Waals surface area (Å²) in [6.45, 7) is 1.50. The summed E-state index contributed by atoms with van der Waals surface area (Å²) >= 11 is 6.00. The minimum atomic E-state index is -0.115. The highest BCUT2D eigenvalue weighted by Gasteiger charge is 2.25. The number of carbonyl (C=O) groups excluding carboxylic acids is 1. The van der Waals surface area contributed by atoms with Crippen LogP contribution in [-0.2, 0) is 7.05 Å². The summed E-state index contributed by atoms with van der Waals surface area (Å²) in [5.41, 5.74) is 2.00. The largest absolute Gasteiger partial charge is 0.423 e. The van der Waals surface area contributed by atoms with E-state index in [0.717, 1.165) is 24.9 Å². The highest BCUT2D eigenvalue weighted by molar-refractivity contribution is 6.31. The summed E-state index contributed by atoms with van der Waals surface area (Å²) in [5.74, 6) is -0.115. The van der Waals surface area contributed by atoms with Gasteiger partial charge in [-0.3, -0.25) is 4.79 Å². The van der Waals surface area contributed by atoms with E-state index >= 15 is 0 Å². The van der Waals surface area contributed by atoms with Crippen LogP contribution in [0.3, 0.4) is 0 Å². The van der Waals surface area contributed by atoms with E-state index in [4.69, 9.17) is 16.0 Å². The summed E-state index contributed by atoms with van der Waals surface area (Å²) in [7, 11) is 1.80. The topological polar surface area (TPSA) is 76.2 Å². The molecule has 0 aliphatic carbocycles. The van der Waals surface area contributed by atoms with Gasteiger partial charge in [-0.2, -0.15) is 4.98 Å². The van der Waals surface area contributed by atoms with Crippen molar-refractivity contribution in [2.24, 2.45) is 7.05 Å². The van der Waals surface area contributed by atoms with Crippen molar-refractivity contribution >= 4 is 34.6 Å². The molecular formula is C17H18ClN5O2. The molecule has 1 fully saturated rings. The Morgan fingerprint density at radius 2 is 2.32 bits per heavy atom. The minimum Gasteiger partial charge on any atom is -0.423 e. The second kappa shape index (κ2) is 6.40. The normalized spacial score (nSPS) is 17.8. The third-order valence-electron chi connectivity index (χ3n) is 4.42. The van der Waals surface area contributed by atoms with Gasteiger partial charge in [-0.25, -0.2) is 4.98 Å². The van der Waals surface area contributed by atoms with Gasteiger partial charge in [-0.05, 0) is 25.0 Å². The minimum absolute atomic E-state index is 0.0368. The fraction of sp³-hybridized carbons (Fsp3) is 0.353. The molecule has 0 spiro atoms. The number of benzene rings is 1. The molecule has 0 radical (unpaired) electrons. The lowest BCUT2D eigenvalue weighted by Crippen LogP contribution is -2.48. The first-order chi connectivity index (χ1) is 12.1. The number of carbonyl (C=O) groups is 1. The zero-order valence-electron chi connectivity index (χ0n) is 13.8. The van der Waals surface area contributed by atoms with Crippen LogP contribution in [0.15, 0.2) is 35.1 Å². The second-order valence-corrected chi connectivity index (χ2v) is 6.69. The van der Waals surface area contributed by atoms with E-state index in [9.17, 15) is 4.79 Å². The molecule has 1 aliphatic rings. The maximum absolute atomic E-state index is 12.4. The highest BCUT2D eigenvalue weighted by atomic mass is 35.5. The molecule has 1 amide bonds. The van der Waals surface area contributed by atoms with Crippen molar-refractivity contribution in [3.8, 4) is 0 Å². The Morgan fingerprint density at radius 1 is 1.44 bits per heavy atom. The average Bonchev–Trinajstić information content (AvgIpc) is 3.20. The number of rotatable bonds is 3. The molecule has 3 aromatic rings. The Balaban J connectivity index is 1.48. The fourth-order valence-electron chi connectivity index (χ4n) is 3.13. The Bertz CT molecular complexity index is 919. The van der Waals surface area contributed by atoms with Crippen LogP contribution in [0, 0.1) is 0 Å². The smallest absolute Gasteiger partial charge is 0.298 e. The number of piperidine rings is 1. The van der Waals surface area contributed by atoms with Gasteiger partial charge in [0.15, 0.2) is 5.58 Å². The lowest BCUT2D eigenvalue weighted by molar-refractivity contribution is 0.0924. The van der Waals surface area contributed by atoms with Gasteiger partial charge < -0.3 is 19.2 Å². The summed E-state index contributed by atoms with van der Waals surface area (Å²) < 4.78 is 7.55. The molecule has 25 heavy (non-hydrogen) atoms. The van der Waals surface area contributed by atoms with Gasteiger partial charge in [0.25, 0.3) is 11.9 Å². The van der Waals surface area contributed by atoms with Gasteiger partial charge in [0.2, 0.25) is 0 Å². The van der Waals surface area contributed by atoms with Crippen LogP contribution in [-0.4, -0.2) is 39.6 Å². The fourth-order valence-corrected chi connectivity index (χ4v) is 3.29. The van der Waals surface area contributed by atoms with Gasteiger partial charge in [0.1, 0.15) is 11.2 Å². The summed E-state index contributed by atoms with van der Waals surface area (Å²) in [6, 6.07) is 6.00. The predicted octanol–water partition coefficient (Wildman–Crippen LogP) is 2.61. The molecule has 3 heterocycles. The number of anilines is 1. The Morgan fingerprint density at radius 3 is 3.12 bits per heavy atom. The maximum Gasteiger partial charge on any atom is 0.298 e. The number of nitrogens with zero attached hydrogens (tertiary/aromatic N) is 4. The molecule has 1 aromatic carbocycles. The summed E-state index contributed by atoms with van der Waals surface area (Å²) in [6.07, 6.45) is 5.06. The summed E-state index contributed by atoms with van der Waals surface area (Å²) in [4.78, 5) is 22.9. The van der Waals surface area contributed by atoms with Crippen LogP contribution < -0.4 is 10.2 Å². The first-order valence-electron chi connectivity index (χ1n) is 8.18. The number of aryl methyl sites for hydroxylation is 1. The van der Waals surface area contributed by atoms with E-state index < -0.39 is 0 Å².